The fraction of sp³-hybridized carbons (Fsp3) is 0.810. The highest BCUT2D eigenvalue weighted by molar-refractivity contribution is 5.84. The lowest BCUT2D eigenvalue weighted by Crippen LogP contribution is -2.23. The highest BCUT2D eigenvalue weighted by atomic mass is 16.4. The lowest BCUT2D eigenvalue weighted by Gasteiger charge is -2.22. The van der Waals surface area contributed by atoms with Crippen molar-refractivity contribution in [1.29, 1.82) is 0 Å². The zero-order valence-corrected chi connectivity index (χ0v) is 16.3. The van der Waals surface area contributed by atoms with E-state index in [-0.39, 0.29) is 30.5 Å². The highest BCUT2D eigenvalue weighted by Gasteiger charge is 2.39. The van der Waals surface area contributed by atoms with Crippen LogP contribution in [0.1, 0.15) is 84.5 Å². The Morgan fingerprint density at radius 2 is 1.92 bits per heavy atom. The second-order valence-corrected chi connectivity index (χ2v) is 8.00. The van der Waals surface area contributed by atoms with E-state index < -0.39 is 17.7 Å². The highest BCUT2D eigenvalue weighted by Crippen LogP contribution is 2.34. The number of ketones is 1. The lowest BCUT2D eigenvalue weighted by atomic mass is 9.87. The topological polar surface area (TPSA) is 94.8 Å². The molecule has 0 aromatic heterocycles. The summed E-state index contributed by atoms with van der Waals surface area (Å²) in [5.41, 5.74) is -0.736. The number of carboxylic acids is 1. The Hall–Kier alpha value is -1.20. The molecule has 0 aromatic carbocycles. The first kappa shape index (κ1) is 22.8. The minimum atomic E-state index is -0.765. The molecular weight excluding hydrogens is 332 g/mol. The third-order valence-corrected chi connectivity index (χ3v) is 5.37. The van der Waals surface area contributed by atoms with Gasteiger partial charge in [-0.2, -0.15) is 0 Å². The first-order valence-electron chi connectivity index (χ1n) is 10.1. The molecule has 0 radical (unpaired) electrons. The van der Waals surface area contributed by atoms with E-state index >= 15 is 0 Å². The van der Waals surface area contributed by atoms with Gasteiger partial charge < -0.3 is 15.3 Å². The van der Waals surface area contributed by atoms with Crippen molar-refractivity contribution in [2.24, 2.45) is 11.8 Å². The maximum absolute atomic E-state index is 12.2. The van der Waals surface area contributed by atoms with E-state index in [2.05, 4.69) is 6.92 Å². The summed E-state index contributed by atoms with van der Waals surface area (Å²) in [7, 11) is 0. The summed E-state index contributed by atoms with van der Waals surface area (Å²) in [5.74, 6) is -0.959. The van der Waals surface area contributed by atoms with E-state index in [1.165, 1.54) is 0 Å². The lowest BCUT2D eigenvalue weighted by molar-refractivity contribution is -0.137. The number of aliphatic carboxylic acids is 1. The molecule has 1 unspecified atom stereocenters. The Bertz CT molecular complexity index is 469. The van der Waals surface area contributed by atoms with Gasteiger partial charge in [0.1, 0.15) is 5.78 Å². The summed E-state index contributed by atoms with van der Waals surface area (Å²) in [6.07, 6.45) is 11.0. The van der Waals surface area contributed by atoms with Crippen LogP contribution in [0.4, 0.5) is 0 Å². The number of unbranched alkanes of at least 4 members (excludes halogenated alkanes) is 4. The maximum Gasteiger partial charge on any atom is 0.303 e. The summed E-state index contributed by atoms with van der Waals surface area (Å²) >= 11 is 0. The molecule has 0 heterocycles. The van der Waals surface area contributed by atoms with Crippen LogP contribution in [0, 0.1) is 11.8 Å². The molecule has 5 heteroatoms. The minimum Gasteiger partial charge on any atom is -0.481 e. The van der Waals surface area contributed by atoms with Crippen LogP contribution >= 0.6 is 0 Å². The largest absolute Gasteiger partial charge is 0.481 e. The van der Waals surface area contributed by atoms with Crippen molar-refractivity contribution >= 4 is 11.8 Å². The van der Waals surface area contributed by atoms with Crippen molar-refractivity contribution in [3.8, 4) is 0 Å². The van der Waals surface area contributed by atoms with Crippen molar-refractivity contribution in [3.05, 3.63) is 12.2 Å². The molecule has 0 amide bonds. The number of carbonyl (C=O) groups is 2. The molecule has 4 atom stereocenters. The average Bonchev–Trinajstić information content (AvgIpc) is 2.82. The molecule has 1 rings (SSSR count). The van der Waals surface area contributed by atoms with Gasteiger partial charge in [-0.05, 0) is 32.6 Å². The number of hydrogen-bond acceptors (Lipinski definition) is 4. The van der Waals surface area contributed by atoms with E-state index in [4.69, 9.17) is 5.11 Å². The molecule has 1 aliphatic carbocycles. The van der Waals surface area contributed by atoms with E-state index in [9.17, 15) is 19.8 Å². The molecule has 1 saturated carbocycles. The Kier molecular flexibility index (Phi) is 10.1. The second kappa shape index (κ2) is 11.5. The molecule has 1 aliphatic rings. The summed E-state index contributed by atoms with van der Waals surface area (Å²) in [4.78, 5) is 22.7. The molecule has 3 N–H and O–H groups in total. The van der Waals surface area contributed by atoms with Crippen LogP contribution in [0.5, 0.6) is 0 Å². The van der Waals surface area contributed by atoms with E-state index in [1.807, 2.05) is 19.1 Å². The predicted octanol–water partition coefficient (Wildman–Crippen LogP) is 3.87. The van der Waals surface area contributed by atoms with Crippen molar-refractivity contribution in [1.82, 2.24) is 0 Å². The summed E-state index contributed by atoms with van der Waals surface area (Å²) in [6.45, 7) is 3.93. The number of carboxylic acid groups (broad SMARTS) is 1. The van der Waals surface area contributed by atoms with Gasteiger partial charge in [-0.1, -0.05) is 51.2 Å². The Morgan fingerprint density at radius 1 is 1.23 bits per heavy atom. The van der Waals surface area contributed by atoms with Crippen molar-refractivity contribution < 1.29 is 24.9 Å². The number of aliphatic hydroxyl groups is 2. The van der Waals surface area contributed by atoms with Crippen LogP contribution in [-0.2, 0) is 9.59 Å². The molecule has 0 saturated heterocycles. The third kappa shape index (κ3) is 8.45. The normalized spacial score (nSPS) is 25.7. The molecule has 26 heavy (non-hydrogen) atoms. The smallest absolute Gasteiger partial charge is 0.303 e. The molecule has 0 spiro atoms. The predicted molar refractivity (Wildman–Crippen MR) is 102 cm³/mol. The summed E-state index contributed by atoms with van der Waals surface area (Å²) in [6, 6.07) is 0. The zero-order chi connectivity index (χ0) is 19.6. The van der Waals surface area contributed by atoms with Gasteiger partial charge in [0.2, 0.25) is 0 Å². The number of rotatable bonds is 13. The fourth-order valence-corrected chi connectivity index (χ4v) is 3.72. The maximum atomic E-state index is 12.2. The van der Waals surface area contributed by atoms with Gasteiger partial charge >= 0.3 is 5.97 Å². The van der Waals surface area contributed by atoms with E-state index in [0.29, 0.717) is 12.8 Å². The molecule has 1 fully saturated rings. The van der Waals surface area contributed by atoms with Crippen LogP contribution in [0.15, 0.2) is 12.2 Å². The van der Waals surface area contributed by atoms with Gasteiger partial charge in [0, 0.05) is 24.7 Å². The minimum absolute atomic E-state index is 0.121. The van der Waals surface area contributed by atoms with Crippen molar-refractivity contribution in [3.63, 3.8) is 0 Å². The molecule has 0 bridgehead atoms. The Balaban J connectivity index is 2.44. The van der Waals surface area contributed by atoms with Crippen LogP contribution in [0.2, 0.25) is 0 Å². The van der Waals surface area contributed by atoms with Crippen LogP contribution < -0.4 is 0 Å². The number of Topliss-reactive ketones (excluding diaryl/α,β-unsaturated/α-hetero) is 1. The van der Waals surface area contributed by atoms with Gasteiger partial charge in [-0.25, -0.2) is 0 Å². The quantitative estimate of drug-likeness (QED) is 0.339. The number of hydrogen-bond donors (Lipinski definition) is 3. The molecule has 150 valence electrons. The van der Waals surface area contributed by atoms with Crippen LogP contribution in [0.3, 0.4) is 0 Å². The van der Waals surface area contributed by atoms with Gasteiger partial charge in [0.25, 0.3) is 0 Å². The van der Waals surface area contributed by atoms with Crippen LogP contribution in [-0.4, -0.2) is 38.8 Å². The van der Waals surface area contributed by atoms with Crippen LogP contribution in [0.25, 0.3) is 0 Å². The first-order chi connectivity index (χ1) is 12.3. The van der Waals surface area contributed by atoms with E-state index in [1.54, 1.807) is 0 Å². The summed E-state index contributed by atoms with van der Waals surface area (Å²) in [5, 5.41) is 29.2. The third-order valence-electron chi connectivity index (χ3n) is 5.37. The fourth-order valence-electron chi connectivity index (χ4n) is 3.72. The second-order valence-electron chi connectivity index (χ2n) is 8.00. The molecule has 0 aliphatic heterocycles. The van der Waals surface area contributed by atoms with Crippen molar-refractivity contribution in [2.75, 3.05) is 0 Å². The Labute approximate surface area is 157 Å². The van der Waals surface area contributed by atoms with Gasteiger partial charge in [-0.15, -0.1) is 0 Å². The number of carbonyl (C=O) groups excluding carboxylic acids is 1. The number of aliphatic hydroxyl groups excluding tert-OH is 1. The SMILES string of the molecule is CCCCC(C)(O)C/C=C/[C@H]1[C@H](O)CC(=O)[C@H]1CCCCCCC(=O)O. The first-order valence-corrected chi connectivity index (χ1v) is 10.1. The standard InChI is InChI=1S/C21H36O5/c1-3-4-13-21(2,26)14-9-11-17-16(18(22)15-19(17)23)10-7-5-6-8-12-20(24)25/h9,11,16-17,19,23,26H,3-8,10,12-15H2,1-2H3,(H,24,25)/b11-9+/t16-,17+,19+,21?/m0/s1. The molecular formula is C21H36O5. The van der Waals surface area contributed by atoms with E-state index in [0.717, 1.165) is 44.9 Å². The zero-order valence-electron chi connectivity index (χ0n) is 16.3. The molecule has 5 nitrogen and oxygen atoms in total. The van der Waals surface area contributed by atoms with Gasteiger partial charge in [0.15, 0.2) is 0 Å². The monoisotopic (exact) mass is 368 g/mol. The summed E-state index contributed by atoms with van der Waals surface area (Å²) < 4.78 is 0. The molecule has 0 aromatic rings. The average molecular weight is 369 g/mol. The van der Waals surface area contributed by atoms with Gasteiger partial charge in [0.05, 0.1) is 11.7 Å². The Morgan fingerprint density at radius 3 is 2.58 bits per heavy atom. The van der Waals surface area contributed by atoms with Gasteiger partial charge in [-0.3, -0.25) is 9.59 Å². The van der Waals surface area contributed by atoms with Crippen molar-refractivity contribution in [2.45, 2.75) is 96.2 Å².